The molecule has 1 unspecified atom stereocenters. The molecule has 0 spiro atoms. The standard InChI is InChI=1S/C15H15ClN4O4S/c1-7(8-4-2-3-5-9(8)16)13-18-15(20-19-13)25-10(6-11(21)22)12(17)14(23)24/h2-5,10,12H,1,6,17H2,(H,21,22)(H,23,24)(H,18,19,20)/t10?,12-/m0/s1. The average molecular weight is 383 g/mol. The molecule has 1 aromatic heterocycles. The predicted octanol–water partition coefficient (Wildman–Crippen LogP) is 1.87. The lowest BCUT2D eigenvalue weighted by Crippen LogP contribution is -2.41. The Morgan fingerprint density at radius 3 is 2.64 bits per heavy atom. The molecule has 2 rings (SSSR count). The van der Waals surface area contributed by atoms with Crippen molar-refractivity contribution in [2.24, 2.45) is 5.73 Å². The van der Waals surface area contributed by atoms with Crippen molar-refractivity contribution in [3.8, 4) is 0 Å². The van der Waals surface area contributed by atoms with E-state index in [0.717, 1.165) is 11.8 Å². The van der Waals surface area contributed by atoms with E-state index < -0.39 is 29.7 Å². The summed E-state index contributed by atoms with van der Waals surface area (Å²) in [5.74, 6) is -2.12. The van der Waals surface area contributed by atoms with Gasteiger partial charge in [0, 0.05) is 21.4 Å². The monoisotopic (exact) mass is 382 g/mol. The van der Waals surface area contributed by atoms with Crippen LogP contribution in [-0.2, 0) is 9.59 Å². The van der Waals surface area contributed by atoms with Crippen molar-refractivity contribution in [1.82, 2.24) is 15.2 Å². The van der Waals surface area contributed by atoms with Crippen LogP contribution >= 0.6 is 23.4 Å². The third kappa shape index (κ3) is 4.81. The number of rotatable bonds is 8. The molecule has 5 N–H and O–H groups in total. The Morgan fingerprint density at radius 1 is 1.36 bits per heavy atom. The molecule has 0 amide bonds. The van der Waals surface area contributed by atoms with Crippen LogP contribution in [0.2, 0.25) is 5.02 Å². The SMILES string of the molecule is C=C(c1nc(SC(CC(=O)O)[C@H](N)C(=O)O)n[nH]1)c1ccccc1Cl. The highest BCUT2D eigenvalue weighted by Gasteiger charge is 2.29. The Labute approximate surface area is 152 Å². The molecule has 2 aromatic rings. The van der Waals surface area contributed by atoms with E-state index in [9.17, 15) is 9.59 Å². The lowest BCUT2D eigenvalue weighted by atomic mass is 10.1. The smallest absolute Gasteiger partial charge is 0.321 e. The maximum atomic E-state index is 11.0. The first-order chi connectivity index (χ1) is 11.8. The maximum Gasteiger partial charge on any atom is 0.321 e. The zero-order valence-electron chi connectivity index (χ0n) is 12.8. The number of H-pyrrole nitrogens is 1. The van der Waals surface area contributed by atoms with Gasteiger partial charge in [-0.25, -0.2) is 4.98 Å². The van der Waals surface area contributed by atoms with Gasteiger partial charge in [0.05, 0.1) is 6.42 Å². The predicted molar refractivity (Wildman–Crippen MR) is 93.5 cm³/mol. The lowest BCUT2D eigenvalue weighted by Gasteiger charge is -2.16. The van der Waals surface area contributed by atoms with Crippen LogP contribution in [0, 0.1) is 0 Å². The molecule has 2 atom stereocenters. The molecule has 8 nitrogen and oxygen atoms in total. The number of hydrogen-bond acceptors (Lipinski definition) is 6. The minimum Gasteiger partial charge on any atom is -0.481 e. The zero-order chi connectivity index (χ0) is 18.6. The third-order valence-corrected chi connectivity index (χ3v) is 4.75. The fourth-order valence-corrected chi connectivity index (χ4v) is 3.23. The normalized spacial score (nSPS) is 13.2. The van der Waals surface area contributed by atoms with Crippen LogP contribution in [0.4, 0.5) is 0 Å². The molecule has 1 aromatic carbocycles. The highest BCUT2D eigenvalue weighted by atomic mass is 35.5. The second kappa shape index (κ2) is 8.15. The Bertz CT molecular complexity index is 810. The number of aromatic nitrogens is 3. The van der Waals surface area contributed by atoms with E-state index in [1.807, 2.05) is 0 Å². The van der Waals surface area contributed by atoms with Gasteiger partial charge in [-0.2, -0.15) is 0 Å². The van der Waals surface area contributed by atoms with Crippen LogP contribution in [-0.4, -0.2) is 48.6 Å². The lowest BCUT2D eigenvalue weighted by molar-refractivity contribution is -0.139. The number of aliphatic carboxylic acids is 2. The topological polar surface area (TPSA) is 142 Å². The molecular weight excluding hydrogens is 368 g/mol. The number of benzene rings is 1. The number of aromatic amines is 1. The fraction of sp³-hybridized carbons (Fsp3) is 0.200. The van der Waals surface area contributed by atoms with Crippen LogP contribution in [0.15, 0.2) is 36.0 Å². The van der Waals surface area contributed by atoms with Gasteiger partial charge in [0.2, 0.25) is 5.16 Å². The van der Waals surface area contributed by atoms with Crippen molar-refractivity contribution >= 4 is 40.9 Å². The first kappa shape index (κ1) is 19.0. The van der Waals surface area contributed by atoms with Crippen molar-refractivity contribution in [2.45, 2.75) is 22.9 Å². The van der Waals surface area contributed by atoms with Crippen LogP contribution < -0.4 is 5.73 Å². The molecule has 10 heteroatoms. The molecule has 0 aliphatic carbocycles. The highest BCUT2D eigenvalue weighted by Crippen LogP contribution is 2.29. The quantitative estimate of drug-likeness (QED) is 0.507. The van der Waals surface area contributed by atoms with Crippen molar-refractivity contribution in [2.75, 3.05) is 0 Å². The summed E-state index contributed by atoms with van der Waals surface area (Å²) in [5, 5.41) is 24.3. The van der Waals surface area contributed by atoms with E-state index >= 15 is 0 Å². The molecule has 0 bridgehead atoms. The van der Waals surface area contributed by atoms with Gasteiger partial charge >= 0.3 is 11.9 Å². The molecule has 25 heavy (non-hydrogen) atoms. The number of nitrogens with one attached hydrogen (secondary N) is 1. The minimum absolute atomic E-state index is 0.172. The summed E-state index contributed by atoms with van der Waals surface area (Å²) < 4.78 is 0. The Kier molecular flexibility index (Phi) is 6.18. The van der Waals surface area contributed by atoms with Gasteiger partial charge < -0.3 is 15.9 Å². The van der Waals surface area contributed by atoms with Gasteiger partial charge in [0.1, 0.15) is 6.04 Å². The number of thioether (sulfide) groups is 1. The van der Waals surface area contributed by atoms with Crippen LogP contribution in [0.1, 0.15) is 17.8 Å². The third-order valence-electron chi connectivity index (χ3n) is 3.27. The largest absolute Gasteiger partial charge is 0.481 e. The second-order valence-corrected chi connectivity index (χ2v) is 6.66. The minimum atomic E-state index is -1.37. The van der Waals surface area contributed by atoms with Gasteiger partial charge in [-0.3, -0.25) is 14.7 Å². The van der Waals surface area contributed by atoms with Crippen molar-refractivity contribution < 1.29 is 19.8 Å². The first-order valence-corrected chi connectivity index (χ1v) is 8.28. The van der Waals surface area contributed by atoms with Crippen molar-refractivity contribution in [1.29, 1.82) is 0 Å². The summed E-state index contributed by atoms with van der Waals surface area (Å²) in [6.07, 6.45) is -0.437. The number of hydrogen-bond donors (Lipinski definition) is 4. The van der Waals surface area contributed by atoms with E-state index in [4.69, 9.17) is 27.5 Å². The molecule has 0 radical (unpaired) electrons. The zero-order valence-corrected chi connectivity index (χ0v) is 14.4. The molecule has 0 aliphatic heterocycles. The molecule has 1 heterocycles. The first-order valence-electron chi connectivity index (χ1n) is 7.03. The summed E-state index contributed by atoms with van der Waals surface area (Å²) in [6, 6.07) is 5.70. The van der Waals surface area contributed by atoms with Gasteiger partial charge in [-0.05, 0) is 6.07 Å². The summed E-state index contributed by atoms with van der Waals surface area (Å²) in [4.78, 5) is 26.2. The van der Waals surface area contributed by atoms with Gasteiger partial charge in [-0.1, -0.05) is 48.1 Å². The summed E-state index contributed by atoms with van der Waals surface area (Å²) in [7, 11) is 0. The number of carboxylic acid groups (broad SMARTS) is 2. The fourth-order valence-electron chi connectivity index (χ4n) is 1.98. The van der Waals surface area contributed by atoms with Crippen molar-refractivity contribution in [3.63, 3.8) is 0 Å². The summed E-state index contributed by atoms with van der Waals surface area (Å²) in [6.45, 7) is 3.92. The van der Waals surface area contributed by atoms with E-state index in [0.29, 0.717) is 22.0 Å². The van der Waals surface area contributed by atoms with E-state index in [1.54, 1.807) is 24.3 Å². The Morgan fingerprint density at radius 2 is 2.04 bits per heavy atom. The van der Waals surface area contributed by atoms with E-state index in [1.165, 1.54) is 0 Å². The number of carbonyl (C=O) groups is 2. The van der Waals surface area contributed by atoms with Crippen LogP contribution in [0.25, 0.3) is 5.57 Å². The number of halogens is 1. The number of nitrogens with two attached hydrogens (primary N) is 1. The average Bonchev–Trinajstić information content (AvgIpc) is 3.01. The van der Waals surface area contributed by atoms with E-state index in [-0.39, 0.29) is 5.16 Å². The molecule has 0 saturated carbocycles. The summed E-state index contributed by atoms with van der Waals surface area (Å²) in [5.41, 5.74) is 6.72. The molecule has 132 valence electrons. The number of nitrogens with zero attached hydrogens (tertiary/aromatic N) is 2. The van der Waals surface area contributed by atoms with Crippen LogP contribution in [0.5, 0.6) is 0 Å². The Balaban J connectivity index is 2.19. The highest BCUT2D eigenvalue weighted by molar-refractivity contribution is 7.99. The van der Waals surface area contributed by atoms with Crippen LogP contribution in [0.3, 0.4) is 0 Å². The Hall–Kier alpha value is -2.36. The van der Waals surface area contributed by atoms with Crippen molar-refractivity contribution in [3.05, 3.63) is 47.3 Å². The van der Waals surface area contributed by atoms with E-state index in [2.05, 4.69) is 21.8 Å². The molecular formula is C15H15ClN4O4S. The van der Waals surface area contributed by atoms with Gasteiger partial charge in [-0.15, -0.1) is 5.10 Å². The second-order valence-electron chi connectivity index (χ2n) is 5.04. The molecule has 0 fully saturated rings. The number of carboxylic acids is 2. The summed E-state index contributed by atoms with van der Waals surface area (Å²) >= 11 is 7.00. The molecule has 0 saturated heterocycles. The van der Waals surface area contributed by atoms with Gasteiger partial charge in [0.25, 0.3) is 0 Å². The van der Waals surface area contributed by atoms with Gasteiger partial charge in [0.15, 0.2) is 5.82 Å². The molecule has 0 aliphatic rings. The maximum absolute atomic E-state index is 11.0.